The van der Waals surface area contributed by atoms with Gasteiger partial charge in [-0.15, -0.1) is 5.10 Å². The Morgan fingerprint density at radius 2 is 2.12 bits per heavy atom. The quantitative estimate of drug-likeness (QED) is 0.619. The third-order valence-electron chi connectivity index (χ3n) is 3.38. The number of oxazole rings is 1. The molecule has 8 nitrogen and oxygen atoms in total. The summed E-state index contributed by atoms with van der Waals surface area (Å²) in [5.41, 5.74) is 1.01. The summed E-state index contributed by atoms with van der Waals surface area (Å²) in [7, 11) is -3.49. The van der Waals surface area contributed by atoms with Crippen LogP contribution in [0.15, 0.2) is 34.9 Å². The summed E-state index contributed by atoms with van der Waals surface area (Å²) in [6.07, 6.45) is 2.15. The monoisotopic (exact) mass is 381 g/mol. The molecule has 1 aromatic carbocycles. The van der Waals surface area contributed by atoms with Crippen LogP contribution < -0.4 is 0 Å². The molecule has 10 heteroatoms. The molecule has 0 bridgehead atoms. The molecule has 0 aliphatic carbocycles. The molecule has 0 aliphatic heterocycles. The van der Waals surface area contributed by atoms with Crippen molar-refractivity contribution in [2.45, 2.75) is 31.4 Å². The van der Waals surface area contributed by atoms with Crippen molar-refractivity contribution in [2.75, 3.05) is 0 Å². The largest absolute Gasteiger partial charge is 0.444 e. The van der Waals surface area contributed by atoms with Crippen LogP contribution in [0.2, 0.25) is 5.02 Å². The number of nitrogens with zero attached hydrogens (tertiary/aromatic N) is 5. The zero-order valence-electron chi connectivity index (χ0n) is 13.5. The van der Waals surface area contributed by atoms with Gasteiger partial charge in [-0.25, -0.2) is 18.1 Å². The number of hydrogen-bond acceptors (Lipinski definition) is 7. The Labute approximate surface area is 149 Å². The van der Waals surface area contributed by atoms with Crippen molar-refractivity contribution in [1.29, 1.82) is 0 Å². The van der Waals surface area contributed by atoms with Crippen LogP contribution >= 0.6 is 11.6 Å². The third-order valence-corrected chi connectivity index (χ3v) is 5.05. The van der Waals surface area contributed by atoms with Crippen molar-refractivity contribution in [3.63, 3.8) is 0 Å². The van der Waals surface area contributed by atoms with Gasteiger partial charge in [0.1, 0.15) is 12.0 Å². The van der Waals surface area contributed by atoms with E-state index in [0.29, 0.717) is 34.5 Å². The first-order valence-corrected chi connectivity index (χ1v) is 9.82. The van der Waals surface area contributed by atoms with E-state index in [1.165, 1.54) is 10.9 Å². The molecule has 0 unspecified atom stereocenters. The van der Waals surface area contributed by atoms with Gasteiger partial charge in [0.15, 0.2) is 15.7 Å². The van der Waals surface area contributed by atoms with Gasteiger partial charge in [0.25, 0.3) is 0 Å². The highest BCUT2D eigenvalue weighted by molar-refractivity contribution is 7.89. The Balaban J connectivity index is 1.74. The molecule has 0 saturated carbocycles. The lowest BCUT2D eigenvalue weighted by Gasteiger charge is -2.03. The molecule has 132 valence electrons. The fourth-order valence-corrected chi connectivity index (χ4v) is 3.79. The van der Waals surface area contributed by atoms with Crippen LogP contribution in [0.25, 0.3) is 11.5 Å². The van der Waals surface area contributed by atoms with Gasteiger partial charge in [-0.2, -0.15) is 0 Å². The van der Waals surface area contributed by atoms with Gasteiger partial charge in [-0.3, -0.25) is 0 Å². The Morgan fingerprint density at radius 3 is 2.88 bits per heavy atom. The van der Waals surface area contributed by atoms with Crippen molar-refractivity contribution in [2.24, 2.45) is 0 Å². The van der Waals surface area contributed by atoms with Gasteiger partial charge in [0.2, 0.25) is 5.89 Å². The lowest BCUT2D eigenvalue weighted by Crippen LogP contribution is -2.13. The molecule has 0 atom stereocenters. The number of aryl methyl sites for hydroxylation is 1. The van der Waals surface area contributed by atoms with Crippen LogP contribution in [0.1, 0.15) is 24.9 Å². The second-order valence-corrected chi connectivity index (χ2v) is 8.01. The Bertz CT molecular complexity index is 967. The van der Waals surface area contributed by atoms with Crippen molar-refractivity contribution < 1.29 is 12.8 Å². The summed E-state index contributed by atoms with van der Waals surface area (Å²) in [5.74, 6) is 0.138. The van der Waals surface area contributed by atoms with Crippen LogP contribution in [0.3, 0.4) is 0 Å². The van der Waals surface area contributed by atoms with Crippen molar-refractivity contribution >= 4 is 21.4 Å². The van der Waals surface area contributed by atoms with E-state index < -0.39 is 9.84 Å². The third kappa shape index (κ3) is 4.43. The molecule has 0 N–H and O–H groups in total. The average molecular weight is 382 g/mol. The average Bonchev–Trinajstić information content (AvgIpc) is 3.17. The molecule has 0 spiro atoms. The van der Waals surface area contributed by atoms with Crippen LogP contribution in [0.4, 0.5) is 0 Å². The van der Waals surface area contributed by atoms with Crippen molar-refractivity contribution in [3.05, 3.63) is 47.1 Å². The molecule has 0 amide bonds. The van der Waals surface area contributed by atoms with Gasteiger partial charge < -0.3 is 4.42 Å². The zero-order chi connectivity index (χ0) is 17.9. The highest BCUT2D eigenvalue weighted by Gasteiger charge is 2.20. The van der Waals surface area contributed by atoms with E-state index in [2.05, 4.69) is 20.5 Å². The van der Waals surface area contributed by atoms with Crippen molar-refractivity contribution in [3.8, 4) is 11.5 Å². The molecule has 0 aliphatic rings. The molecule has 2 heterocycles. The predicted molar refractivity (Wildman–Crippen MR) is 91.4 cm³/mol. The standard InChI is InChI=1S/C15H16ClN5O3S/c1-2-6-21-14(18-19-20-21)10-25(22,23)9-13-8-24-15(17-13)11-4-3-5-12(16)7-11/h3-5,7-8H,2,6,9-10H2,1H3. The minimum absolute atomic E-state index is 0.251. The zero-order valence-corrected chi connectivity index (χ0v) is 15.0. The second-order valence-electron chi connectivity index (χ2n) is 5.50. The number of rotatable bonds is 7. The summed E-state index contributed by atoms with van der Waals surface area (Å²) in [6, 6.07) is 6.99. The second kappa shape index (κ2) is 7.32. The summed E-state index contributed by atoms with van der Waals surface area (Å²) >= 11 is 5.94. The summed E-state index contributed by atoms with van der Waals surface area (Å²) < 4.78 is 31.7. The normalized spacial score (nSPS) is 11.8. The minimum Gasteiger partial charge on any atom is -0.444 e. The molecule has 3 aromatic rings. The number of sulfone groups is 1. The first-order chi connectivity index (χ1) is 12.0. The number of hydrogen-bond donors (Lipinski definition) is 0. The molecule has 2 aromatic heterocycles. The Hall–Kier alpha value is -2.26. The van der Waals surface area contributed by atoms with Crippen LogP contribution in [0, 0.1) is 0 Å². The first-order valence-electron chi connectivity index (χ1n) is 7.62. The molecular weight excluding hydrogens is 366 g/mol. The molecular formula is C15H16ClN5O3S. The predicted octanol–water partition coefficient (Wildman–Crippen LogP) is 2.51. The molecule has 3 rings (SSSR count). The SMILES string of the molecule is CCCn1nnnc1CS(=O)(=O)Cc1coc(-c2cccc(Cl)c2)n1. The van der Waals surface area contributed by atoms with Crippen molar-refractivity contribution in [1.82, 2.24) is 25.2 Å². The van der Waals surface area contributed by atoms with Gasteiger partial charge in [-0.05, 0) is 35.0 Å². The first kappa shape index (κ1) is 17.6. The van der Waals surface area contributed by atoms with E-state index in [9.17, 15) is 8.42 Å². The van der Waals surface area contributed by atoms with E-state index >= 15 is 0 Å². The maximum atomic E-state index is 12.4. The highest BCUT2D eigenvalue weighted by Crippen LogP contribution is 2.23. The number of aromatic nitrogens is 5. The van der Waals surface area contributed by atoms with E-state index in [0.717, 1.165) is 6.42 Å². The fourth-order valence-electron chi connectivity index (χ4n) is 2.31. The maximum Gasteiger partial charge on any atom is 0.226 e. The molecule has 0 fully saturated rings. The van der Waals surface area contributed by atoms with Crippen LogP contribution in [-0.2, 0) is 27.9 Å². The van der Waals surface area contributed by atoms with Gasteiger partial charge in [0, 0.05) is 17.1 Å². The lowest BCUT2D eigenvalue weighted by atomic mass is 10.2. The number of halogens is 1. The minimum atomic E-state index is -3.49. The Morgan fingerprint density at radius 1 is 1.28 bits per heavy atom. The Kier molecular flexibility index (Phi) is 5.14. The number of benzene rings is 1. The number of tetrazole rings is 1. The maximum absolute atomic E-state index is 12.4. The van der Waals surface area contributed by atoms with E-state index in [-0.39, 0.29) is 11.5 Å². The van der Waals surface area contributed by atoms with Crippen LogP contribution in [-0.4, -0.2) is 33.6 Å². The summed E-state index contributed by atoms with van der Waals surface area (Å²) in [4.78, 5) is 4.23. The smallest absolute Gasteiger partial charge is 0.226 e. The van der Waals surface area contributed by atoms with E-state index in [1.807, 2.05) is 6.92 Å². The van der Waals surface area contributed by atoms with Gasteiger partial charge >= 0.3 is 0 Å². The summed E-state index contributed by atoms with van der Waals surface area (Å²) in [5, 5.41) is 11.7. The lowest BCUT2D eigenvalue weighted by molar-refractivity contribution is 0.555. The fraction of sp³-hybridized carbons (Fsp3) is 0.333. The van der Waals surface area contributed by atoms with Gasteiger partial charge in [-0.1, -0.05) is 24.6 Å². The molecule has 0 radical (unpaired) electrons. The molecule has 0 saturated heterocycles. The summed E-state index contributed by atoms with van der Waals surface area (Å²) in [6.45, 7) is 2.54. The van der Waals surface area contributed by atoms with E-state index in [1.54, 1.807) is 24.3 Å². The van der Waals surface area contributed by atoms with E-state index in [4.69, 9.17) is 16.0 Å². The topological polar surface area (TPSA) is 104 Å². The van der Waals surface area contributed by atoms with Gasteiger partial charge in [0.05, 0.1) is 11.4 Å². The van der Waals surface area contributed by atoms with Crippen LogP contribution in [0.5, 0.6) is 0 Å². The highest BCUT2D eigenvalue weighted by atomic mass is 35.5. The molecule has 25 heavy (non-hydrogen) atoms.